The number of aromatic carboxylic acids is 1. The summed E-state index contributed by atoms with van der Waals surface area (Å²) in [7, 11) is 0. The highest BCUT2D eigenvalue weighted by molar-refractivity contribution is 5.97. The van der Waals surface area contributed by atoms with Gasteiger partial charge in [0.05, 0.1) is 11.1 Å². The van der Waals surface area contributed by atoms with Crippen LogP contribution in [0.3, 0.4) is 0 Å². The summed E-state index contributed by atoms with van der Waals surface area (Å²) in [6, 6.07) is 8.38. The Hall–Kier alpha value is -3.26. The molecule has 2 heterocycles. The van der Waals surface area contributed by atoms with Gasteiger partial charge in [0.2, 0.25) is 0 Å². The Morgan fingerprint density at radius 3 is 2.74 bits per heavy atom. The van der Waals surface area contributed by atoms with Crippen LogP contribution in [0.5, 0.6) is 0 Å². The van der Waals surface area contributed by atoms with Crippen molar-refractivity contribution >= 4 is 23.5 Å². The maximum atomic E-state index is 12.2. The zero-order valence-corrected chi connectivity index (χ0v) is 14.5. The number of nitrogens with one attached hydrogen (secondary N) is 2. The number of anilines is 1. The maximum absolute atomic E-state index is 12.2. The highest BCUT2D eigenvalue weighted by Crippen LogP contribution is 2.16. The van der Waals surface area contributed by atoms with Gasteiger partial charge in [0, 0.05) is 31.2 Å². The van der Waals surface area contributed by atoms with E-state index in [2.05, 4.69) is 15.6 Å². The fourth-order valence-corrected chi connectivity index (χ4v) is 2.73. The van der Waals surface area contributed by atoms with Crippen molar-refractivity contribution in [2.24, 2.45) is 0 Å². The van der Waals surface area contributed by atoms with Gasteiger partial charge in [0.25, 0.3) is 11.8 Å². The molecule has 1 aliphatic rings. The van der Waals surface area contributed by atoms with E-state index in [0.717, 1.165) is 12.0 Å². The summed E-state index contributed by atoms with van der Waals surface area (Å²) in [5.41, 5.74) is 1.52. The third-order valence-electron chi connectivity index (χ3n) is 4.12. The molecule has 8 heteroatoms. The van der Waals surface area contributed by atoms with E-state index in [0.29, 0.717) is 18.7 Å². The van der Waals surface area contributed by atoms with E-state index in [4.69, 9.17) is 9.84 Å². The Morgan fingerprint density at radius 1 is 1.19 bits per heavy atom. The molecule has 2 amide bonds. The molecule has 1 aliphatic heterocycles. The minimum Gasteiger partial charge on any atom is -0.478 e. The number of carbonyl (C=O) groups excluding carboxylic acids is 2. The number of pyridine rings is 1. The largest absolute Gasteiger partial charge is 0.478 e. The summed E-state index contributed by atoms with van der Waals surface area (Å²) in [6.07, 6.45) is 3.66. The number of ether oxygens (including phenoxy) is 1. The summed E-state index contributed by atoms with van der Waals surface area (Å²) in [6.45, 7) is 0.821. The lowest BCUT2D eigenvalue weighted by Gasteiger charge is -2.12. The summed E-state index contributed by atoms with van der Waals surface area (Å²) < 4.78 is 5.35. The molecule has 3 rings (SSSR count). The molecular formula is C19H19N3O5. The molecule has 1 fully saturated rings. The number of carbonyl (C=O) groups is 3. The average Bonchev–Trinajstić information content (AvgIpc) is 3.21. The second-order valence-electron chi connectivity index (χ2n) is 6.14. The van der Waals surface area contributed by atoms with Crippen molar-refractivity contribution in [3.05, 3.63) is 59.4 Å². The number of aromatic nitrogens is 1. The molecular weight excluding hydrogens is 350 g/mol. The SMILES string of the molecule is O=C(O)c1cncc(C(=O)NCc2cccc(NC(=O)C3CCCO3)c2)c1. The zero-order chi connectivity index (χ0) is 19.2. The zero-order valence-electron chi connectivity index (χ0n) is 14.5. The first-order valence-electron chi connectivity index (χ1n) is 8.51. The Morgan fingerprint density at radius 2 is 2.00 bits per heavy atom. The van der Waals surface area contributed by atoms with Gasteiger partial charge in [-0.15, -0.1) is 0 Å². The van der Waals surface area contributed by atoms with Crippen LogP contribution in [0.15, 0.2) is 42.7 Å². The average molecular weight is 369 g/mol. The Bertz CT molecular complexity index is 862. The summed E-state index contributed by atoms with van der Waals surface area (Å²) in [4.78, 5) is 39.0. The van der Waals surface area contributed by atoms with Crippen LogP contribution in [0.2, 0.25) is 0 Å². The third kappa shape index (κ3) is 4.89. The van der Waals surface area contributed by atoms with Crippen molar-refractivity contribution in [3.8, 4) is 0 Å². The first kappa shape index (κ1) is 18.5. The molecule has 140 valence electrons. The molecule has 0 aliphatic carbocycles. The van der Waals surface area contributed by atoms with Crippen molar-refractivity contribution in [1.82, 2.24) is 10.3 Å². The normalized spacial score (nSPS) is 15.9. The maximum Gasteiger partial charge on any atom is 0.337 e. The molecule has 8 nitrogen and oxygen atoms in total. The van der Waals surface area contributed by atoms with E-state index in [1.54, 1.807) is 18.2 Å². The van der Waals surface area contributed by atoms with Gasteiger partial charge in [0.1, 0.15) is 6.10 Å². The van der Waals surface area contributed by atoms with Gasteiger partial charge in [-0.3, -0.25) is 14.6 Å². The minimum absolute atomic E-state index is 0.0542. The highest BCUT2D eigenvalue weighted by atomic mass is 16.5. The topological polar surface area (TPSA) is 118 Å². The molecule has 1 aromatic heterocycles. The van der Waals surface area contributed by atoms with Crippen molar-refractivity contribution in [1.29, 1.82) is 0 Å². The third-order valence-corrected chi connectivity index (χ3v) is 4.12. The molecule has 1 aromatic carbocycles. The monoisotopic (exact) mass is 369 g/mol. The number of nitrogens with zero attached hydrogens (tertiary/aromatic N) is 1. The number of hydrogen-bond donors (Lipinski definition) is 3. The smallest absolute Gasteiger partial charge is 0.337 e. The van der Waals surface area contributed by atoms with Gasteiger partial charge in [0.15, 0.2) is 0 Å². The van der Waals surface area contributed by atoms with Gasteiger partial charge in [-0.25, -0.2) is 4.79 Å². The number of benzene rings is 1. The molecule has 27 heavy (non-hydrogen) atoms. The second kappa shape index (κ2) is 8.41. The minimum atomic E-state index is -1.15. The van der Waals surface area contributed by atoms with Crippen LogP contribution in [0.4, 0.5) is 5.69 Å². The van der Waals surface area contributed by atoms with Crippen molar-refractivity contribution in [2.45, 2.75) is 25.5 Å². The molecule has 1 saturated heterocycles. The predicted molar refractivity (Wildman–Crippen MR) is 96.4 cm³/mol. The molecule has 2 aromatic rings. The summed E-state index contributed by atoms with van der Waals surface area (Å²) in [5.74, 6) is -1.75. The van der Waals surface area contributed by atoms with E-state index >= 15 is 0 Å². The number of carboxylic acids is 1. The Balaban J connectivity index is 1.59. The van der Waals surface area contributed by atoms with Gasteiger partial charge in [-0.1, -0.05) is 12.1 Å². The van der Waals surface area contributed by atoms with Gasteiger partial charge in [-0.05, 0) is 36.6 Å². The van der Waals surface area contributed by atoms with Crippen LogP contribution in [0.1, 0.15) is 39.1 Å². The van der Waals surface area contributed by atoms with Crippen molar-refractivity contribution < 1.29 is 24.2 Å². The molecule has 0 bridgehead atoms. The molecule has 0 radical (unpaired) electrons. The fourth-order valence-electron chi connectivity index (χ4n) is 2.73. The van der Waals surface area contributed by atoms with Gasteiger partial charge >= 0.3 is 5.97 Å². The quantitative estimate of drug-likeness (QED) is 0.715. The van der Waals surface area contributed by atoms with Crippen LogP contribution in [-0.2, 0) is 16.1 Å². The Kier molecular flexibility index (Phi) is 5.77. The first-order chi connectivity index (χ1) is 13.0. The lowest BCUT2D eigenvalue weighted by Crippen LogP contribution is -2.27. The highest BCUT2D eigenvalue weighted by Gasteiger charge is 2.23. The van der Waals surface area contributed by atoms with Crippen LogP contribution >= 0.6 is 0 Å². The van der Waals surface area contributed by atoms with Crippen molar-refractivity contribution in [3.63, 3.8) is 0 Å². The molecule has 0 spiro atoms. The lowest BCUT2D eigenvalue weighted by molar-refractivity contribution is -0.124. The van der Waals surface area contributed by atoms with E-state index in [-0.39, 0.29) is 23.6 Å². The summed E-state index contributed by atoms with van der Waals surface area (Å²) in [5, 5.41) is 14.5. The Labute approximate surface area is 155 Å². The summed E-state index contributed by atoms with van der Waals surface area (Å²) >= 11 is 0. The number of rotatable bonds is 6. The number of amides is 2. The lowest BCUT2D eigenvalue weighted by atomic mass is 10.1. The molecule has 1 atom stereocenters. The van der Waals surface area contributed by atoms with Crippen LogP contribution < -0.4 is 10.6 Å². The molecule has 3 N–H and O–H groups in total. The van der Waals surface area contributed by atoms with E-state index in [1.165, 1.54) is 18.5 Å². The number of hydrogen-bond acceptors (Lipinski definition) is 5. The van der Waals surface area contributed by atoms with E-state index in [1.807, 2.05) is 6.07 Å². The predicted octanol–water partition coefficient (Wildman–Crippen LogP) is 1.83. The first-order valence-corrected chi connectivity index (χ1v) is 8.51. The van der Waals surface area contributed by atoms with Gasteiger partial charge in [-0.2, -0.15) is 0 Å². The van der Waals surface area contributed by atoms with E-state index < -0.39 is 18.0 Å². The van der Waals surface area contributed by atoms with Crippen LogP contribution in [0, 0.1) is 0 Å². The molecule has 0 saturated carbocycles. The number of carboxylic acid groups (broad SMARTS) is 1. The van der Waals surface area contributed by atoms with Crippen LogP contribution in [-0.4, -0.2) is 40.6 Å². The van der Waals surface area contributed by atoms with E-state index in [9.17, 15) is 14.4 Å². The van der Waals surface area contributed by atoms with Gasteiger partial charge < -0.3 is 20.5 Å². The van der Waals surface area contributed by atoms with Crippen molar-refractivity contribution in [2.75, 3.05) is 11.9 Å². The van der Waals surface area contributed by atoms with Crippen LogP contribution in [0.25, 0.3) is 0 Å². The standard InChI is InChI=1S/C19H19N3O5/c23-17(13-8-14(19(25)26)11-20-10-13)21-9-12-3-1-4-15(7-12)22-18(24)16-5-2-6-27-16/h1,3-4,7-8,10-11,16H,2,5-6,9H2,(H,21,23)(H,22,24)(H,25,26). The molecule has 1 unspecified atom stereocenters. The fraction of sp³-hybridized carbons (Fsp3) is 0.263. The second-order valence-corrected chi connectivity index (χ2v) is 6.14.